The van der Waals surface area contributed by atoms with Crippen LogP contribution in [0.1, 0.15) is 86.6 Å². The molecule has 11 nitrogen and oxygen atoms in total. The van der Waals surface area contributed by atoms with Crippen molar-refractivity contribution < 1.29 is 48.0 Å². The number of carbonyl (C=O) groups excluding carboxylic acids is 3. The summed E-state index contributed by atoms with van der Waals surface area (Å²) in [6, 6.07) is 3.26. The Balaban J connectivity index is 3.00. The Morgan fingerprint density at radius 2 is 1.46 bits per heavy atom. The zero-order valence-electron chi connectivity index (χ0n) is 24.3. The van der Waals surface area contributed by atoms with Gasteiger partial charge in [-0.1, -0.05) is 25.8 Å². The molecule has 1 rings (SSSR count). The minimum absolute atomic E-state index is 0.0100. The van der Waals surface area contributed by atoms with E-state index in [0.717, 1.165) is 19.3 Å². The molecular formula is C28H43NO10. The minimum Gasteiger partial charge on any atom is -0.480 e. The molecule has 2 N–H and O–H groups in total. The number of rotatable bonds is 13. The van der Waals surface area contributed by atoms with Crippen molar-refractivity contribution in [2.45, 2.75) is 111 Å². The first-order valence-electron chi connectivity index (χ1n) is 13.1. The molecule has 0 bridgehead atoms. The maximum absolute atomic E-state index is 12.3. The van der Waals surface area contributed by atoms with Gasteiger partial charge in [0, 0.05) is 13.0 Å². The van der Waals surface area contributed by atoms with Gasteiger partial charge in [0.1, 0.15) is 23.3 Å². The summed E-state index contributed by atoms with van der Waals surface area (Å²) in [6.45, 7) is 13.8. The van der Waals surface area contributed by atoms with Crippen molar-refractivity contribution in [2.75, 3.05) is 6.54 Å². The molecule has 11 heteroatoms. The molecule has 0 spiro atoms. The second-order valence-corrected chi connectivity index (χ2v) is 11.2. The zero-order valence-corrected chi connectivity index (χ0v) is 24.3. The third-order valence-corrected chi connectivity index (χ3v) is 4.88. The first kappa shape index (κ1) is 33.7. The predicted molar refractivity (Wildman–Crippen MR) is 143 cm³/mol. The van der Waals surface area contributed by atoms with Crippen molar-refractivity contribution in [1.29, 1.82) is 0 Å². The summed E-state index contributed by atoms with van der Waals surface area (Å²) in [5, 5.41) is 12.6. The topological polar surface area (TPSA) is 147 Å². The monoisotopic (exact) mass is 553 g/mol. The Morgan fingerprint density at radius 3 is 1.97 bits per heavy atom. The van der Waals surface area contributed by atoms with Crippen LogP contribution < -0.4 is 14.8 Å². The van der Waals surface area contributed by atoms with Gasteiger partial charge in [-0.25, -0.2) is 9.59 Å². The molecule has 220 valence electrons. The Hall–Kier alpha value is -3.34. The molecule has 1 unspecified atom stereocenters. The van der Waals surface area contributed by atoms with Gasteiger partial charge in [-0.3, -0.25) is 9.59 Å². The number of carboxylic acid groups (broad SMARTS) is 1. The Labute approximate surface area is 230 Å². The second-order valence-electron chi connectivity index (χ2n) is 11.2. The van der Waals surface area contributed by atoms with Crippen molar-refractivity contribution in [3.63, 3.8) is 0 Å². The van der Waals surface area contributed by atoms with Gasteiger partial charge in [-0.05, 0) is 79.0 Å². The highest BCUT2D eigenvalue weighted by atomic mass is 16.8. The average Bonchev–Trinajstić information content (AvgIpc) is 2.75. The normalized spacial score (nSPS) is 13.1. The fraction of sp³-hybridized carbons (Fsp3) is 0.643. The lowest BCUT2D eigenvalue weighted by Gasteiger charge is -2.21. The number of ether oxygens (including phenoxy) is 5. The summed E-state index contributed by atoms with van der Waals surface area (Å²) in [4.78, 5) is 48.4. The first-order valence-corrected chi connectivity index (χ1v) is 13.1. The lowest BCUT2D eigenvalue weighted by atomic mass is 10.0. The van der Waals surface area contributed by atoms with Crippen LogP contribution in [0.4, 0.5) is 9.59 Å². The molecule has 0 radical (unpaired) electrons. The van der Waals surface area contributed by atoms with E-state index in [-0.39, 0.29) is 30.4 Å². The highest BCUT2D eigenvalue weighted by Gasteiger charge is 2.25. The Kier molecular flexibility index (Phi) is 13.2. The number of aliphatic carboxylic acids is 1. The van der Waals surface area contributed by atoms with Crippen LogP contribution in [0.3, 0.4) is 0 Å². The number of carboxylic acids is 1. The van der Waals surface area contributed by atoms with Crippen LogP contribution in [0, 0.1) is 0 Å². The largest absolute Gasteiger partial charge is 0.514 e. The van der Waals surface area contributed by atoms with Gasteiger partial charge in [0.25, 0.3) is 0 Å². The average molecular weight is 554 g/mol. The molecule has 0 heterocycles. The van der Waals surface area contributed by atoms with Gasteiger partial charge >= 0.3 is 24.2 Å². The van der Waals surface area contributed by atoms with Crippen LogP contribution in [-0.2, 0) is 30.2 Å². The Bertz CT molecular complexity index is 978. The lowest BCUT2D eigenvalue weighted by Crippen LogP contribution is -2.42. The summed E-state index contributed by atoms with van der Waals surface area (Å²) in [5.41, 5.74) is -1.19. The number of hydrogen-bond donors (Lipinski definition) is 2. The molecule has 0 amide bonds. The molecule has 1 aromatic rings. The summed E-state index contributed by atoms with van der Waals surface area (Å²) >= 11 is 0. The standard InChI is InChI=1S/C28H43NO10/c1-9-10-11-12-23(30)35-18(2)17-29-20(24(31)32)15-19-13-14-21(36-25(33)38-27(3,4)5)22(16-19)37-26(34)39-28(6,7)8/h13-14,16,18,20,29H,9-12,15,17H2,1-8H3,(H,31,32)/t18?,20-/m0/s1. The molecule has 0 aliphatic rings. The third kappa shape index (κ3) is 15.0. The van der Waals surface area contributed by atoms with E-state index in [9.17, 15) is 24.3 Å². The van der Waals surface area contributed by atoms with Crippen LogP contribution >= 0.6 is 0 Å². The predicted octanol–water partition coefficient (Wildman–Crippen LogP) is 5.41. The van der Waals surface area contributed by atoms with E-state index in [0.29, 0.717) is 12.0 Å². The van der Waals surface area contributed by atoms with Gasteiger partial charge < -0.3 is 34.1 Å². The molecule has 0 saturated carbocycles. The fourth-order valence-corrected chi connectivity index (χ4v) is 3.20. The summed E-state index contributed by atoms with van der Waals surface area (Å²) < 4.78 is 26.2. The summed E-state index contributed by atoms with van der Waals surface area (Å²) in [5.74, 6) is -1.71. The van der Waals surface area contributed by atoms with Gasteiger partial charge in [0.15, 0.2) is 11.5 Å². The van der Waals surface area contributed by atoms with Crippen molar-refractivity contribution in [2.24, 2.45) is 0 Å². The first-order chi connectivity index (χ1) is 18.0. The summed E-state index contributed by atoms with van der Waals surface area (Å²) in [6.07, 6.45) is 0.408. The molecule has 2 atom stereocenters. The van der Waals surface area contributed by atoms with Crippen LogP contribution in [-0.4, -0.2) is 59.2 Å². The molecule has 0 aliphatic heterocycles. The number of benzene rings is 1. The van der Waals surface area contributed by atoms with Gasteiger partial charge in [0.05, 0.1) is 0 Å². The summed E-state index contributed by atoms with van der Waals surface area (Å²) in [7, 11) is 0. The van der Waals surface area contributed by atoms with E-state index in [1.807, 2.05) is 6.92 Å². The van der Waals surface area contributed by atoms with Crippen LogP contribution in [0.5, 0.6) is 11.5 Å². The lowest BCUT2D eigenvalue weighted by molar-refractivity contribution is -0.148. The van der Waals surface area contributed by atoms with Crippen molar-refractivity contribution in [3.05, 3.63) is 23.8 Å². The van der Waals surface area contributed by atoms with Crippen molar-refractivity contribution >= 4 is 24.2 Å². The molecule has 1 aromatic carbocycles. The van der Waals surface area contributed by atoms with Crippen molar-refractivity contribution in [1.82, 2.24) is 5.32 Å². The molecule has 0 saturated heterocycles. The van der Waals surface area contributed by atoms with E-state index in [1.165, 1.54) is 18.2 Å². The van der Waals surface area contributed by atoms with Crippen LogP contribution in [0.2, 0.25) is 0 Å². The van der Waals surface area contributed by atoms with E-state index in [4.69, 9.17) is 23.7 Å². The highest BCUT2D eigenvalue weighted by molar-refractivity contribution is 5.74. The minimum atomic E-state index is -1.12. The molecule has 0 aliphatic carbocycles. The highest BCUT2D eigenvalue weighted by Crippen LogP contribution is 2.31. The van der Waals surface area contributed by atoms with Gasteiger partial charge in [0.2, 0.25) is 0 Å². The molecule has 39 heavy (non-hydrogen) atoms. The Morgan fingerprint density at radius 1 is 0.897 bits per heavy atom. The van der Waals surface area contributed by atoms with Crippen LogP contribution in [0.25, 0.3) is 0 Å². The number of hydrogen-bond acceptors (Lipinski definition) is 10. The van der Waals surface area contributed by atoms with Crippen molar-refractivity contribution in [3.8, 4) is 11.5 Å². The fourth-order valence-electron chi connectivity index (χ4n) is 3.20. The van der Waals surface area contributed by atoms with E-state index < -0.39 is 41.6 Å². The second kappa shape index (κ2) is 15.3. The number of nitrogens with one attached hydrogen (secondary N) is 1. The van der Waals surface area contributed by atoms with Gasteiger partial charge in [-0.15, -0.1) is 0 Å². The molecule has 0 fully saturated rings. The van der Waals surface area contributed by atoms with E-state index >= 15 is 0 Å². The van der Waals surface area contributed by atoms with E-state index in [1.54, 1.807) is 48.5 Å². The smallest absolute Gasteiger partial charge is 0.480 e. The number of esters is 1. The third-order valence-electron chi connectivity index (χ3n) is 4.88. The maximum atomic E-state index is 12.3. The maximum Gasteiger partial charge on any atom is 0.514 e. The molecular weight excluding hydrogens is 510 g/mol. The SMILES string of the molecule is CCCCCC(=O)OC(C)CN[C@@H](Cc1ccc(OC(=O)OC(C)(C)C)c(OC(=O)OC(C)(C)C)c1)C(=O)O. The zero-order chi connectivity index (χ0) is 29.8. The number of unbranched alkanes of at least 4 members (excludes halogenated alkanes) is 2. The van der Waals surface area contributed by atoms with Gasteiger partial charge in [-0.2, -0.15) is 0 Å². The van der Waals surface area contributed by atoms with Crippen LogP contribution in [0.15, 0.2) is 18.2 Å². The quantitative estimate of drug-likeness (QED) is 0.140. The molecule has 0 aromatic heterocycles. The van der Waals surface area contributed by atoms with E-state index in [2.05, 4.69) is 5.32 Å². The number of carbonyl (C=O) groups is 4.